The number of hydrogen-bond donors (Lipinski definition) is 0. The molecule has 0 saturated heterocycles. The molecular formula is C20H18F5N3O2S. The maximum atomic E-state index is 14.8. The van der Waals surface area contributed by atoms with Gasteiger partial charge in [-0.25, -0.2) is 23.0 Å². The zero-order valence-electron chi connectivity index (χ0n) is 16.7. The minimum Gasteiger partial charge on any atom is -0.481 e. The molecule has 0 radical (unpaired) electrons. The molecule has 0 fully saturated rings. The second kappa shape index (κ2) is 8.37. The second-order valence-electron chi connectivity index (χ2n) is 7.15. The first-order valence-corrected chi connectivity index (χ1v) is 11.3. The lowest BCUT2D eigenvalue weighted by atomic mass is 10.0. The van der Waals surface area contributed by atoms with E-state index >= 15 is 0 Å². The van der Waals surface area contributed by atoms with Gasteiger partial charge in [0, 0.05) is 46.4 Å². The molecule has 2 aromatic carbocycles. The van der Waals surface area contributed by atoms with Crippen molar-refractivity contribution < 1.29 is 30.9 Å². The third-order valence-electron chi connectivity index (χ3n) is 4.23. The van der Waals surface area contributed by atoms with Crippen molar-refractivity contribution in [2.75, 3.05) is 12.5 Å². The van der Waals surface area contributed by atoms with Crippen LogP contribution in [0.5, 0.6) is 5.75 Å². The number of aromatic nitrogens is 2. The van der Waals surface area contributed by atoms with E-state index in [1.165, 1.54) is 31.0 Å². The van der Waals surface area contributed by atoms with E-state index in [-0.39, 0.29) is 40.0 Å². The van der Waals surface area contributed by atoms with Gasteiger partial charge in [-0.1, -0.05) is 6.07 Å². The van der Waals surface area contributed by atoms with Gasteiger partial charge in [-0.2, -0.15) is 17.5 Å². The number of rotatable bonds is 5. The Balaban J connectivity index is 2.06. The SMILES string of the molecule is C[C@H](Oc1cc(F)ccc1Cc1ncnc2cc(N=S(C)(C)=O)cc(F)c12)C(F)(F)F. The van der Waals surface area contributed by atoms with E-state index in [1.807, 2.05) is 0 Å². The molecule has 0 aliphatic heterocycles. The van der Waals surface area contributed by atoms with E-state index in [9.17, 15) is 26.2 Å². The van der Waals surface area contributed by atoms with Gasteiger partial charge in [-0.05, 0) is 19.1 Å². The monoisotopic (exact) mass is 459 g/mol. The van der Waals surface area contributed by atoms with Crippen LogP contribution in [0.4, 0.5) is 27.6 Å². The topological polar surface area (TPSA) is 64.4 Å². The summed E-state index contributed by atoms with van der Waals surface area (Å²) < 4.78 is 87.9. The average molecular weight is 459 g/mol. The molecule has 5 nitrogen and oxygen atoms in total. The fourth-order valence-electron chi connectivity index (χ4n) is 2.85. The molecule has 0 spiro atoms. The van der Waals surface area contributed by atoms with Crippen molar-refractivity contribution in [3.8, 4) is 5.75 Å². The lowest BCUT2D eigenvalue weighted by molar-refractivity contribution is -0.189. The van der Waals surface area contributed by atoms with Crippen LogP contribution in [0.2, 0.25) is 0 Å². The fourth-order valence-corrected chi connectivity index (χ4v) is 3.47. The molecule has 0 saturated carbocycles. The first-order valence-electron chi connectivity index (χ1n) is 8.95. The van der Waals surface area contributed by atoms with E-state index in [1.54, 1.807) is 0 Å². The van der Waals surface area contributed by atoms with Gasteiger partial charge in [0.2, 0.25) is 0 Å². The zero-order valence-corrected chi connectivity index (χ0v) is 17.5. The molecule has 0 aliphatic carbocycles. The third kappa shape index (κ3) is 5.66. The smallest absolute Gasteiger partial charge is 0.425 e. The Bertz CT molecular complexity index is 1250. The summed E-state index contributed by atoms with van der Waals surface area (Å²) in [5.74, 6) is -1.83. The molecule has 0 amide bonds. The number of nitrogens with zero attached hydrogens (tertiary/aromatic N) is 3. The van der Waals surface area contributed by atoms with Crippen LogP contribution in [0, 0.1) is 11.6 Å². The minimum atomic E-state index is -4.64. The first-order chi connectivity index (χ1) is 14.3. The zero-order chi connectivity index (χ0) is 23.0. The molecule has 11 heteroatoms. The lowest BCUT2D eigenvalue weighted by Crippen LogP contribution is -2.31. The van der Waals surface area contributed by atoms with Crippen molar-refractivity contribution in [3.63, 3.8) is 0 Å². The molecule has 166 valence electrons. The highest BCUT2D eigenvalue weighted by Crippen LogP contribution is 2.31. The largest absolute Gasteiger partial charge is 0.481 e. The predicted molar refractivity (Wildman–Crippen MR) is 107 cm³/mol. The summed E-state index contributed by atoms with van der Waals surface area (Å²) in [7, 11) is -2.53. The number of hydrogen-bond acceptors (Lipinski definition) is 5. The summed E-state index contributed by atoms with van der Waals surface area (Å²) in [4.78, 5) is 8.06. The van der Waals surface area contributed by atoms with Gasteiger partial charge in [-0.3, -0.25) is 0 Å². The molecule has 0 N–H and O–H groups in total. The second-order valence-corrected chi connectivity index (χ2v) is 9.69. The van der Waals surface area contributed by atoms with E-state index in [2.05, 4.69) is 14.3 Å². The fraction of sp³-hybridized carbons (Fsp3) is 0.300. The van der Waals surface area contributed by atoms with Gasteiger partial charge >= 0.3 is 6.18 Å². The van der Waals surface area contributed by atoms with Gasteiger partial charge in [0.05, 0.1) is 22.3 Å². The van der Waals surface area contributed by atoms with Gasteiger partial charge in [0.15, 0.2) is 6.10 Å². The molecule has 1 heterocycles. The summed E-state index contributed by atoms with van der Waals surface area (Å²) in [6.45, 7) is 0.805. The Morgan fingerprint density at radius 2 is 1.84 bits per heavy atom. The molecule has 0 unspecified atom stereocenters. The number of benzene rings is 2. The normalized spacial score (nSPS) is 13.3. The summed E-state index contributed by atoms with van der Waals surface area (Å²) in [6.07, 6.45) is -2.98. The van der Waals surface area contributed by atoms with E-state index in [4.69, 9.17) is 4.74 Å². The summed E-state index contributed by atoms with van der Waals surface area (Å²) in [6, 6.07) is 5.68. The number of ether oxygens (including phenoxy) is 1. The van der Waals surface area contributed by atoms with E-state index in [0.29, 0.717) is 0 Å². The van der Waals surface area contributed by atoms with Crippen LogP contribution < -0.4 is 4.74 Å². The summed E-state index contributed by atoms with van der Waals surface area (Å²) >= 11 is 0. The van der Waals surface area contributed by atoms with Crippen molar-refractivity contribution in [1.82, 2.24) is 9.97 Å². The number of halogens is 5. The Morgan fingerprint density at radius 3 is 2.48 bits per heavy atom. The quantitative estimate of drug-likeness (QED) is 0.493. The molecule has 3 rings (SSSR count). The number of fused-ring (bicyclic) bond motifs is 1. The standard InChI is InChI=1S/C20H18F5N3O2S/c1-11(20(23,24)25)30-18-7-13(21)5-4-12(18)6-16-19-15(22)8-14(28-31(2,3)29)9-17(19)27-10-26-16/h4-5,7-11H,6H2,1-3H3/t11-/m0/s1. The number of alkyl halides is 3. The summed E-state index contributed by atoms with van der Waals surface area (Å²) in [5.41, 5.74) is 0.671. The molecule has 31 heavy (non-hydrogen) atoms. The minimum absolute atomic E-state index is 0.0271. The van der Waals surface area contributed by atoms with Crippen molar-refractivity contribution in [3.05, 3.63) is 59.6 Å². The van der Waals surface area contributed by atoms with Crippen molar-refractivity contribution in [2.24, 2.45) is 4.36 Å². The predicted octanol–water partition coefficient (Wildman–Crippen LogP) is 5.19. The summed E-state index contributed by atoms with van der Waals surface area (Å²) in [5, 5.41) is 0.0271. The average Bonchev–Trinajstić information content (AvgIpc) is 2.61. The van der Waals surface area contributed by atoms with Crippen LogP contribution in [-0.4, -0.2) is 39.0 Å². The van der Waals surface area contributed by atoms with E-state index < -0.39 is 33.6 Å². The lowest BCUT2D eigenvalue weighted by Gasteiger charge is -2.20. The van der Waals surface area contributed by atoms with Crippen LogP contribution >= 0.6 is 0 Å². The molecule has 0 aliphatic rings. The van der Waals surface area contributed by atoms with Gasteiger partial charge in [0.1, 0.15) is 23.7 Å². The van der Waals surface area contributed by atoms with Crippen LogP contribution in [-0.2, 0) is 16.1 Å². The Kier molecular flexibility index (Phi) is 6.17. The van der Waals surface area contributed by atoms with Crippen molar-refractivity contribution >= 4 is 26.3 Å². The maximum Gasteiger partial charge on any atom is 0.425 e. The molecule has 1 atom stereocenters. The van der Waals surface area contributed by atoms with E-state index in [0.717, 1.165) is 25.1 Å². The first kappa shape index (κ1) is 22.9. The van der Waals surface area contributed by atoms with Crippen LogP contribution in [0.25, 0.3) is 10.9 Å². The van der Waals surface area contributed by atoms with Crippen LogP contribution in [0.3, 0.4) is 0 Å². The van der Waals surface area contributed by atoms with Crippen LogP contribution in [0.1, 0.15) is 18.2 Å². The van der Waals surface area contributed by atoms with Gasteiger partial charge in [0.25, 0.3) is 0 Å². The molecule has 0 bridgehead atoms. The van der Waals surface area contributed by atoms with Crippen molar-refractivity contribution in [1.29, 1.82) is 0 Å². The van der Waals surface area contributed by atoms with Crippen molar-refractivity contribution in [2.45, 2.75) is 25.6 Å². The molecule has 3 aromatic rings. The molecular weight excluding hydrogens is 441 g/mol. The Hall–Kier alpha value is -2.82. The maximum absolute atomic E-state index is 14.8. The highest BCUT2D eigenvalue weighted by atomic mass is 32.2. The van der Waals surface area contributed by atoms with Gasteiger partial charge < -0.3 is 4.74 Å². The third-order valence-corrected chi connectivity index (χ3v) is 4.88. The van der Waals surface area contributed by atoms with Crippen LogP contribution in [0.15, 0.2) is 41.0 Å². The highest BCUT2D eigenvalue weighted by Gasteiger charge is 2.38. The highest BCUT2D eigenvalue weighted by molar-refractivity contribution is 7.92. The van der Waals surface area contributed by atoms with Gasteiger partial charge in [-0.15, -0.1) is 0 Å². The molecule has 1 aromatic heterocycles. The Labute approximate surface area is 175 Å². The Morgan fingerprint density at radius 1 is 1.13 bits per heavy atom.